The van der Waals surface area contributed by atoms with Crippen LogP contribution in [0.3, 0.4) is 0 Å². The number of ether oxygens (including phenoxy) is 1. The number of benzene rings is 1. The molecule has 0 spiro atoms. The molecule has 1 aromatic carbocycles. The van der Waals surface area contributed by atoms with Crippen molar-refractivity contribution in [3.8, 4) is 0 Å². The third-order valence-electron chi connectivity index (χ3n) is 4.76. The quantitative estimate of drug-likeness (QED) is 0.831. The highest BCUT2D eigenvalue weighted by Crippen LogP contribution is 2.30. The summed E-state index contributed by atoms with van der Waals surface area (Å²) in [6.07, 6.45) is 3.00. The Morgan fingerprint density at radius 3 is 2.85 bits per heavy atom. The number of hydrogen-bond donors (Lipinski definition) is 2. The van der Waals surface area contributed by atoms with Crippen LogP contribution in [0.25, 0.3) is 11.6 Å². The molecule has 1 atom stereocenters. The van der Waals surface area contributed by atoms with Crippen LogP contribution in [0.4, 0.5) is 10.5 Å². The summed E-state index contributed by atoms with van der Waals surface area (Å²) in [5.41, 5.74) is 4.53. The number of nitrogens with one attached hydrogen (secondary N) is 1. The SMILES string of the molecule is CC(=O)NC[C@H]1CN(c2ccc(C3=Cc4c(CO)ncn4C3)cc2)C(=O)O1. The maximum absolute atomic E-state index is 12.1. The highest BCUT2D eigenvalue weighted by Gasteiger charge is 2.32. The van der Waals surface area contributed by atoms with Crippen molar-refractivity contribution < 1.29 is 19.4 Å². The maximum Gasteiger partial charge on any atom is 0.414 e. The molecule has 0 bridgehead atoms. The lowest BCUT2D eigenvalue weighted by atomic mass is 10.1. The number of imidazole rings is 1. The molecular weight excluding hydrogens is 348 g/mol. The second-order valence-electron chi connectivity index (χ2n) is 6.63. The van der Waals surface area contributed by atoms with E-state index in [0.717, 1.165) is 22.5 Å². The largest absolute Gasteiger partial charge is 0.442 e. The number of allylic oxidation sites excluding steroid dienone is 1. The van der Waals surface area contributed by atoms with Crippen LogP contribution in [0.5, 0.6) is 0 Å². The van der Waals surface area contributed by atoms with E-state index in [1.54, 1.807) is 11.2 Å². The summed E-state index contributed by atoms with van der Waals surface area (Å²) in [4.78, 5) is 28.9. The highest BCUT2D eigenvalue weighted by atomic mass is 16.6. The molecule has 8 heteroatoms. The molecule has 4 rings (SSSR count). The number of rotatable bonds is 5. The van der Waals surface area contributed by atoms with Gasteiger partial charge in [0.2, 0.25) is 5.91 Å². The molecular formula is C19H20N4O4. The summed E-state index contributed by atoms with van der Waals surface area (Å²) >= 11 is 0. The van der Waals surface area contributed by atoms with Gasteiger partial charge in [-0.1, -0.05) is 12.1 Å². The Balaban J connectivity index is 1.46. The van der Waals surface area contributed by atoms with Crippen molar-refractivity contribution in [3.63, 3.8) is 0 Å². The summed E-state index contributed by atoms with van der Waals surface area (Å²) in [6, 6.07) is 7.70. The van der Waals surface area contributed by atoms with Crippen LogP contribution >= 0.6 is 0 Å². The number of cyclic esters (lactones) is 1. The lowest BCUT2D eigenvalue weighted by Gasteiger charge is -2.14. The lowest BCUT2D eigenvalue weighted by Crippen LogP contribution is -2.33. The molecule has 1 saturated heterocycles. The first-order chi connectivity index (χ1) is 13.0. The smallest absolute Gasteiger partial charge is 0.414 e. The van der Waals surface area contributed by atoms with E-state index in [1.165, 1.54) is 6.92 Å². The van der Waals surface area contributed by atoms with Crippen LogP contribution in [-0.2, 0) is 22.7 Å². The zero-order valence-corrected chi connectivity index (χ0v) is 14.9. The summed E-state index contributed by atoms with van der Waals surface area (Å²) in [7, 11) is 0. The van der Waals surface area contributed by atoms with Gasteiger partial charge in [0.15, 0.2) is 0 Å². The number of amides is 2. The zero-order chi connectivity index (χ0) is 19.0. The van der Waals surface area contributed by atoms with Crippen LogP contribution in [0.1, 0.15) is 23.9 Å². The number of hydrogen-bond acceptors (Lipinski definition) is 5. The Kier molecular flexibility index (Phi) is 4.41. The first kappa shape index (κ1) is 17.3. The van der Waals surface area contributed by atoms with Crippen molar-refractivity contribution in [1.29, 1.82) is 0 Å². The van der Waals surface area contributed by atoms with Crippen molar-refractivity contribution in [2.45, 2.75) is 26.2 Å². The fourth-order valence-electron chi connectivity index (χ4n) is 3.37. The number of aliphatic hydroxyl groups excluding tert-OH is 1. The van der Waals surface area contributed by atoms with Gasteiger partial charge in [0.25, 0.3) is 0 Å². The molecule has 27 heavy (non-hydrogen) atoms. The summed E-state index contributed by atoms with van der Waals surface area (Å²) in [5, 5.41) is 12.0. The second-order valence-corrected chi connectivity index (χ2v) is 6.63. The number of fused-ring (bicyclic) bond motifs is 1. The number of aromatic nitrogens is 2. The van der Waals surface area contributed by atoms with Gasteiger partial charge >= 0.3 is 6.09 Å². The van der Waals surface area contributed by atoms with E-state index in [1.807, 2.05) is 34.9 Å². The molecule has 0 saturated carbocycles. The monoisotopic (exact) mass is 368 g/mol. The fourth-order valence-corrected chi connectivity index (χ4v) is 3.37. The molecule has 3 heterocycles. The van der Waals surface area contributed by atoms with Gasteiger partial charge in [-0.3, -0.25) is 9.69 Å². The van der Waals surface area contributed by atoms with Crippen LogP contribution in [-0.4, -0.2) is 45.9 Å². The van der Waals surface area contributed by atoms with Crippen molar-refractivity contribution in [2.24, 2.45) is 0 Å². The fraction of sp³-hybridized carbons (Fsp3) is 0.316. The topological polar surface area (TPSA) is 96.7 Å². The summed E-state index contributed by atoms with van der Waals surface area (Å²) in [5.74, 6) is -0.149. The van der Waals surface area contributed by atoms with Gasteiger partial charge in [0.05, 0.1) is 37.4 Å². The van der Waals surface area contributed by atoms with E-state index >= 15 is 0 Å². The minimum Gasteiger partial charge on any atom is -0.442 e. The van der Waals surface area contributed by atoms with Crippen LogP contribution < -0.4 is 10.2 Å². The lowest BCUT2D eigenvalue weighted by molar-refractivity contribution is -0.119. The number of nitrogens with zero attached hydrogens (tertiary/aromatic N) is 3. The van der Waals surface area contributed by atoms with Crippen LogP contribution in [0.2, 0.25) is 0 Å². The minimum absolute atomic E-state index is 0.0816. The van der Waals surface area contributed by atoms with Gasteiger partial charge in [0, 0.05) is 19.2 Å². The molecule has 0 aliphatic carbocycles. The molecule has 2 amide bonds. The van der Waals surface area contributed by atoms with E-state index in [9.17, 15) is 14.7 Å². The average Bonchev–Trinajstić information content (AvgIpc) is 3.34. The van der Waals surface area contributed by atoms with E-state index in [-0.39, 0.29) is 18.6 Å². The summed E-state index contributed by atoms with van der Waals surface area (Å²) in [6.45, 7) is 2.76. The van der Waals surface area contributed by atoms with E-state index < -0.39 is 6.09 Å². The molecule has 2 aliphatic rings. The Labute approximate surface area is 156 Å². The molecule has 0 radical (unpaired) electrons. The van der Waals surface area contributed by atoms with Crippen LogP contribution in [0.15, 0.2) is 30.6 Å². The maximum atomic E-state index is 12.1. The summed E-state index contributed by atoms with van der Waals surface area (Å²) < 4.78 is 7.29. The number of aliphatic hydroxyl groups is 1. The first-order valence-corrected chi connectivity index (χ1v) is 8.73. The molecule has 2 aromatic rings. The van der Waals surface area contributed by atoms with Crippen LogP contribution in [0, 0.1) is 0 Å². The molecule has 2 aliphatic heterocycles. The Bertz CT molecular complexity index is 916. The molecule has 0 unspecified atom stereocenters. The standard InChI is InChI=1S/C19H20N4O4/c1-12(25)20-7-16-9-23(19(26)27-16)15-4-2-13(3-5-15)14-6-18-17(10-24)21-11-22(18)8-14/h2-6,11,16,24H,7-10H2,1H3,(H,20,25)/t16-/m0/s1. The average molecular weight is 368 g/mol. The third kappa shape index (κ3) is 3.31. The molecule has 1 aromatic heterocycles. The van der Waals surface area contributed by atoms with E-state index in [0.29, 0.717) is 25.3 Å². The van der Waals surface area contributed by atoms with Crippen molar-refractivity contribution in [2.75, 3.05) is 18.0 Å². The number of carbonyl (C=O) groups excluding carboxylic acids is 2. The van der Waals surface area contributed by atoms with Gasteiger partial charge in [-0.15, -0.1) is 0 Å². The molecule has 140 valence electrons. The minimum atomic E-state index is -0.409. The Hall–Kier alpha value is -3.13. The van der Waals surface area contributed by atoms with Crippen molar-refractivity contribution in [1.82, 2.24) is 14.9 Å². The normalized spacial score (nSPS) is 18.3. The predicted molar refractivity (Wildman–Crippen MR) is 98.8 cm³/mol. The van der Waals surface area contributed by atoms with E-state index in [2.05, 4.69) is 10.3 Å². The van der Waals surface area contributed by atoms with Crippen molar-refractivity contribution in [3.05, 3.63) is 47.5 Å². The first-order valence-electron chi connectivity index (χ1n) is 8.73. The van der Waals surface area contributed by atoms with E-state index in [4.69, 9.17) is 4.74 Å². The second kappa shape index (κ2) is 6.88. The van der Waals surface area contributed by atoms with Gasteiger partial charge in [-0.25, -0.2) is 9.78 Å². The van der Waals surface area contributed by atoms with Gasteiger partial charge < -0.3 is 19.7 Å². The zero-order valence-electron chi connectivity index (χ0n) is 14.9. The van der Waals surface area contributed by atoms with Gasteiger partial charge in [-0.05, 0) is 29.3 Å². The molecule has 2 N–H and O–H groups in total. The molecule has 1 fully saturated rings. The Morgan fingerprint density at radius 2 is 2.15 bits per heavy atom. The number of carbonyl (C=O) groups is 2. The Morgan fingerprint density at radius 1 is 1.37 bits per heavy atom. The number of anilines is 1. The van der Waals surface area contributed by atoms with Gasteiger partial charge in [0.1, 0.15) is 6.10 Å². The third-order valence-corrected chi connectivity index (χ3v) is 4.76. The molecule has 8 nitrogen and oxygen atoms in total. The van der Waals surface area contributed by atoms with Crippen molar-refractivity contribution >= 4 is 29.3 Å². The predicted octanol–water partition coefficient (Wildman–Crippen LogP) is 1.39. The van der Waals surface area contributed by atoms with Gasteiger partial charge in [-0.2, -0.15) is 0 Å². The highest BCUT2D eigenvalue weighted by molar-refractivity contribution is 5.91.